The summed E-state index contributed by atoms with van der Waals surface area (Å²) in [6.45, 7) is 6.19. The molecule has 0 spiro atoms. The van der Waals surface area contributed by atoms with Crippen molar-refractivity contribution in [2.45, 2.75) is 70.1 Å². The monoisotopic (exact) mass is 471 g/mol. The van der Waals surface area contributed by atoms with Crippen LogP contribution in [0.25, 0.3) is 5.52 Å². The van der Waals surface area contributed by atoms with Crippen LogP contribution in [0.15, 0.2) is 18.5 Å². The fourth-order valence-electron chi connectivity index (χ4n) is 6.16. The Morgan fingerprint density at radius 1 is 1.38 bits per heavy atom. The summed E-state index contributed by atoms with van der Waals surface area (Å²) in [5.41, 5.74) is 4.46. The third-order valence-electron chi connectivity index (χ3n) is 8.80. The average molecular weight is 472 g/mol. The zero-order chi connectivity index (χ0) is 24.5. The van der Waals surface area contributed by atoms with E-state index in [1.165, 1.54) is 16.9 Å². The summed E-state index contributed by atoms with van der Waals surface area (Å²) in [6.07, 6.45) is -1.25. The van der Waals surface area contributed by atoms with Gasteiger partial charge in [-0.25, -0.2) is 14.3 Å². The Kier molecular flexibility index (Phi) is 5.06. The van der Waals surface area contributed by atoms with Crippen LogP contribution in [0, 0.1) is 28.1 Å². The van der Waals surface area contributed by atoms with Crippen molar-refractivity contribution in [3.63, 3.8) is 0 Å². The fourth-order valence-corrected chi connectivity index (χ4v) is 6.16. The van der Waals surface area contributed by atoms with Gasteiger partial charge in [-0.1, -0.05) is 20.8 Å². The second kappa shape index (κ2) is 7.53. The smallest absolute Gasteiger partial charge is 0.431 e. The highest BCUT2D eigenvalue weighted by atomic mass is 16.7. The number of anilines is 1. The normalized spacial score (nSPS) is 38.2. The van der Waals surface area contributed by atoms with Gasteiger partial charge in [-0.3, -0.25) is 0 Å². The number of nitrogen functional groups attached to an aromatic ring is 1. The van der Waals surface area contributed by atoms with E-state index in [9.17, 15) is 20.3 Å². The summed E-state index contributed by atoms with van der Waals surface area (Å²) in [7, 11) is 0. The molecule has 5 rings (SSSR count). The molecule has 1 saturated heterocycles. The molecule has 3 aliphatic rings. The summed E-state index contributed by atoms with van der Waals surface area (Å²) in [6, 6.07) is 5.06. The molecule has 2 bridgehead atoms. The van der Waals surface area contributed by atoms with E-state index in [0.29, 0.717) is 11.4 Å². The first-order valence-corrected chi connectivity index (χ1v) is 11.4. The number of aliphatic hydroxyl groups is 2. The van der Waals surface area contributed by atoms with Crippen molar-refractivity contribution < 1.29 is 29.2 Å². The minimum atomic E-state index is -1.95. The number of fused-ring (bicyclic) bond motifs is 3. The first-order chi connectivity index (χ1) is 16.0. The average Bonchev–Trinajstić information content (AvgIpc) is 3.46. The maximum absolute atomic E-state index is 12.5. The second-order valence-electron chi connectivity index (χ2n) is 10.4. The largest absolute Gasteiger partial charge is 0.508 e. The Morgan fingerprint density at radius 2 is 2.15 bits per heavy atom. The third-order valence-corrected chi connectivity index (χ3v) is 8.80. The molecule has 182 valence electrons. The molecular formula is C23H29N5O6. The molecule has 0 amide bonds. The number of ether oxygens (including phenoxy) is 3. The Balaban J connectivity index is 1.29. The third kappa shape index (κ3) is 2.95. The summed E-state index contributed by atoms with van der Waals surface area (Å²) in [4.78, 5) is 16.4. The van der Waals surface area contributed by atoms with Gasteiger partial charge in [0.1, 0.15) is 48.9 Å². The Hall–Kier alpha value is -2.94. The highest BCUT2D eigenvalue weighted by molar-refractivity contribution is 5.66. The number of hydrogen-bond acceptors (Lipinski definition) is 10. The lowest BCUT2D eigenvalue weighted by molar-refractivity contribution is -0.0831. The minimum Gasteiger partial charge on any atom is -0.431 e. The van der Waals surface area contributed by atoms with Gasteiger partial charge in [0.25, 0.3) is 0 Å². The number of nitrogens with two attached hydrogens (primary N) is 1. The molecule has 2 aromatic heterocycles. The van der Waals surface area contributed by atoms with Crippen molar-refractivity contribution in [3.8, 4) is 6.07 Å². The van der Waals surface area contributed by atoms with Gasteiger partial charge in [-0.15, -0.1) is 0 Å². The van der Waals surface area contributed by atoms with Crippen molar-refractivity contribution in [1.29, 1.82) is 5.26 Å². The first-order valence-electron chi connectivity index (χ1n) is 11.4. The van der Waals surface area contributed by atoms with E-state index in [0.717, 1.165) is 19.3 Å². The van der Waals surface area contributed by atoms with E-state index in [1.807, 2.05) is 6.07 Å². The van der Waals surface area contributed by atoms with Crippen LogP contribution in [0.1, 0.15) is 45.7 Å². The van der Waals surface area contributed by atoms with Crippen molar-refractivity contribution in [2.75, 3.05) is 12.3 Å². The van der Waals surface area contributed by atoms with E-state index in [4.69, 9.17) is 19.9 Å². The van der Waals surface area contributed by atoms with Crippen LogP contribution < -0.4 is 5.73 Å². The predicted molar refractivity (Wildman–Crippen MR) is 117 cm³/mol. The maximum Gasteiger partial charge on any atom is 0.508 e. The Labute approximate surface area is 196 Å². The molecule has 3 fully saturated rings. The van der Waals surface area contributed by atoms with Crippen molar-refractivity contribution in [3.05, 3.63) is 24.2 Å². The van der Waals surface area contributed by atoms with Gasteiger partial charge in [-0.05, 0) is 42.7 Å². The van der Waals surface area contributed by atoms with Crippen LogP contribution in [0.2, 0.25) is 0 Å². The molecule has 1 aliphatic heterocycles. The molecule has 3 heterocycles. The van der Waals surface area contributed by atoms with Crippen LogP contribution >= 0.6 is 0 Å². The number of rotatable bonds is 4. The Morgan fingerprint density at radius 3 is 2.79 bits per heavy atom. The van der Waals surface area contributed by atoms with Crippen LogP contribution in [0.4, 0.5) is 10.6 Å². The topological polar surface area (TPSA) is 165 Å². The molecule has 34 heavy (non-hydrogen) atoms. The summed E-state index contributed by atoms with van der Waals surface area (Å²) >= 11 is 0. The van der Waals surface area contributed by atoms with Crippen molar-refractivity contribution >= 4 is 17.5 Å². The van der Waals surface area contributed by atoms with E-state index < -0.39 is 36.7 Å². The van der Waals surface area contributed by atoms with E-state index in [1.54, 1.807) is 6.07 Å². The molecule has 2 aliphatic carbocycles. The number of hydrogen-bond donors (Lipinski definition) is 3. The number of aromatic nitrogens is 3. The van der Waals surface area contributed by atoms with E-state index in [2.05, 4.69) is 30.9 Å². The number of nitriles is 1. The van der Waals surface area contributed by atoms with E-state index >= 15 is 0 Å². The van der Waals surface area contributed by atoms with Gasteiger partial charge in [-0.2, -0.15) is 10.4 Å². The van der Waals surface area contributed by atoms with Gasteiger partial charge in [0.15, 0.2) is 5.82 Å². The molecule has 11 heteroatoms. The minimum absolute atomic E-state index is 0.0755. The molecule has 0 unspecified atom stereocenters. The zero-order valence-electron chi connectivity index (χ0n) is 19.3. The molecule has 4 N–H and O–H groups in total. The lowest BCUT2D eigenvalue weighted by Crippen LogP contribution is -2.41. The molecular weight excluding hydrogens is 442 g/mol. The summed E-state index contributed by atoms with van der Waals surface area (Å²) in [5.74, 6) is 0.680. The SMILES string of the molecule is CC1(C)[C@@H]2CC[C@]1(C)[C@@H](OC(=O)OC[C@H]1O[C@@](C#N)(c3ccc4c(N)ncnn34)[C@H](O)[C@@H]1O)C2. The van der Waals surface area contributed by atoms with Gasteiger partial charge >= 0.3 is 6.16 Å². The van der Waals surface area contributed by atoms with Gasteiger partial charge in [0, 0.05) is 5.41 Å². The zero-order valence-corrected chi connectivity index (χ0v) is 19.3. The molecule has 2 aromatic rings. The summed E-state index contributed by atoms with van der Waals surface area (Å²) in [5, 5.41) is 35.4. The number of nitrogens with zero attached hydrogens (tertiary/aromatic N) is 4. The predicted octanol–water partition coefficient (Wildman–Crippen LogP) is 1.52. The second-order valence-corrected chi connectivity index (χ2v) is 10.4. The lowest BCUT2D eigenvalue weighted by atomic mass is 9.70. The van der Waals surface area contributed by atoms with Crippen molar-refractivity contribution in [1.82, 2.24) is 14.6 Å². The van der Waals surface area contributed by atoms with Crippen molar-refractivity contribution in [2.24, 2.45) is 16.7 Å². The van der Waals surface area contributed by atoms with Crippen LogP contribution in [0.3, 0.4) is 0 Å². The van der Waals surface area contributed by atoms with Crippen LogP contribution in [-0.4, -0.2) is 62.0 Å². The highest BCUT2D eigenvalue weighted by Crippen LogP contribution is 2.66. The lowest BCUT2D eigenvalue weighted by Gasteiger charge is -2.38. The van der Waals surface area contributed by atoms with E-state index in [-0.39, 0.29) is 28.4 Å². The first kappa shape index (κ1) is 22.8. The standard InChI is InChI=1S/C23H29N5O6/c1-21(2)12-6-7-22(21,3)16(8-12)33-20(31)32-9-14-17(29)18(30)23(10-24,34-14)15-5-4-13-19(25)26-11-27-28(13)15/h4-5,11-12,14,16-18,29-30H,6-9H2,1-3H3,(H2,25,26,27)/t12-,14-,16+,17-,18-,22-,23+/m1/s1. The quantitative estimate of drug-likeness (QED) is 0.557. The molecule has 2 saturated carbocycles. The van der Waals surface area contributed by atoms with Crippen LogP contribution in [-0.2, 0) is 19.8 Å². The number of carbonyl (C=O) groups is 1. The number of aliphatic hydroxyl groups excluding tert-OH is 2. The summed E-state index contributed by atoms with van der Waals surface area (Å²) < 4.78 is 18.1. The highest BCUT2D eigenvalue weighted by Gasteiger charge is 2.63. The van der Waals surface area contributed by atoms with Gasteiger partial charge < -0.3 is 30.2 Å². The molecule has 0 aromatic carbocycles. The number of carbonyl (C=O) groups excluding carboxylic acids is 1. The van der Waals surface area contributed by atoms with Gasteiger partial charge in [0.05, 0.1) is 5.69 Å². The Bertz CT molecular complexity index is 1180. The van der Waals surface area contributed by atoms with Gasteiger partial charge in [0.2, 0.25) is 5.60 Å². The molecule has 11 nitrogen and oxygen atoms in total. The molecule has 7 atom stereocenters. The maximum atomic E-state index is 12.5. The molecule has 0 radical (unpaired) electrons. The van der Waals surface area contributed by atoms with Crippen LogP contribution in [0.5, 0.6) is 0 Å². The fraction of sp³-hybridized carbons (Fsp3) is 0.652.